The van der Waals surface area contributed by atoms with E-state index in [1.165, 1.54) is 0 Å². The summed E-state index contributed by atoms with van der Waals surface area (Å²) in [7, 11) is 0. The van der Waals surface area contributed by atoms with Crippen molar-refractivity contribution < 1.29 is 9.90 Å². The van der Waals surface area contributed by atoms with Crippen LogP contribution in [-0.4, -0.2) is 42.5 Å². The number of carboxylic acids is 1. The average molecular weight is 156 g/mol. The summed E-state index contributed by atoms with van der Waals surface area (Å²) >= 11 is 0. The molecule has 0 spiro atoms. The van der Waals surface area contributed by atoms with Gasteiger partial charge in [0, 0.05) is 13.1 Å². The number of hydrogen-bond donors (Lipinski definition) is 1. The minimum atomic E-state index is -0.698. The van der Waals surface area contributed by atoms with E-state index in [0.29, 0.717) is 13.2 Å². The van der Waals surface area contributed by atoms with Crippen LogP contribution in [0.15, 0.2) is 4.99 Å². The standard InChI is InChI=1S/C7H12N2O2/c1-8-5-9-3-2-6(4-9)7(10)11/h6H,1-5H2,(H,10,11). The molecule has 0 aliphatic carbocycles. The Kier molecular flexibility index (Phi) is 2.59. The SMILES string of the molecule is C=NCN1CCC(C(=O)O)C1. The lowest BCUT2D eigenvalue weighted by Crippen LogP contribution is -2.23. The van der Waals surface area contributed by atoms with E-state index in [1.807, 2.05) is 4.90 Å². The van der Waals surface area contributed by atoms with Crippen LogP contribution in [0.25, 0.3) is 0 Å². The molecule has 62 valence electrons. The summed E-state index contributed by atoms with van der Waals surface area (Å²) in [5.74, 6) is -0.895. The van der Waals surface area contributed by atoms with E-state index < -0.39 is 5.97 Å². The molecule has 0 radical (unpaired) electrons. The van der Waals surface area contributed by atoms with Gasteiger partial charge in [0.25, 0.3) is 0 Å². The van der Waals surface area contributed by atoms with E-state index in [0.717, 1.165) is 13.0 Å². The van der Waals surface area contributed by atoms with Gasteiger partial charge in [-0.15, -0.1) is 0 Å². The molecule has 1 atom stereocenters. The van der Waals surface area contributed by atoms with Crippen LogP contribution < -0.4 is 0 Å². The third-order valence-corrected chi connectivity index (χ3v) is 1.92. The molecule has 0 amide bonds. The highest BCUT2D eigenvalue weighted by Crippen LogP contribution is 2.15. The zero-order valence-corrected chi connectivity index (χ0v) is 6.36. The molecule has 1 rings (SSSR count). The first kappa shape index (κ1) is 8.20. The smallest absolute Gasteiger partial charge is 0.307 e. The van der Waals surface area contributed by atoms with Crippen LogP contribution in [-0.2, 0) is 4.79 Å². The molecule has 0 aromatic rings. The first-order valence-electron chi connectivity index (χ1n) is 3.61. The second-order valence-electron chi connectivity index (χ2n) is 2.77. The lowest BCUT2D eigenvalue weighted by atomic mass is 10.1. The van der Waals surface area contributed by atoms with Gasteiger partial charge in [-0.25, -0.2) is 0 Å². The second kappa shape index (κ2) is 3.48. The predicted octanol–water partition coefficient (Wildman–Crippen LogP) is 0.0510. The Balaban J connectivity index is 2.34. The number of rotatable bonds is 3. The number of likely N-dealkylation sites (tertiary alicyclic amines) is 1. The number of aliphatic carboxylic acids is 1. The summed E-state index contributed by atoms with van der Waals surface area (Å²) in [4.78, 5) is 16.2. The van der Waals surface area contributed by atoms with E-state index in [4.69, 9.17) is 5.11 Å². The molecular weight excluding hydrogens is 144 g/mol. The number of hydrogen-bond acceptors (Lipinski definition) is 3. The second-order valence-corrected chi connectivity index (χ2v) is 2.77. The van der Waals surface area contributed by atoms with Crippen LogP contribution in [0.2, 0.25) is 0 Å². The molecule has 0 saturated carbocycles. The Morgan fingerprint density at radius 3 is 3.00 bits per heavy atom. The van der Waals surface area contributed by atoms with Crippen LogP contribution in [0.3, 0.4) is 0 Å². The Bertz CT molecular complexity index is 170. The van der Waals surface area contributed by atoms with Gasteiger partial charge in [0.05, 0.1) is 12.6 Å². The normalized spacial score (nSPS) is 25.3. The monoisotopic (exact) mass is 156 g/mol. The van der Waals surface area contributed by atoms with E-state index in [-0.39, 0.29) is 5.92 Å². The van der Waals surface area contributed by atoms with Crippen molar-refractivity contribution in [2.45, 2.75) is 6.42 Å². The van der Waals surface area contributed by atoms with E-state index in [2.05, 4.69) is 11.7 Å². The van der Waals surface area contributed by atoms with Crippen molar-refractivity contribution >= 4 is 12.7 Å². The van der Waals surface area contributed by atoms with Gasteiger partial charge in [-0.2, -0.15) is 0 Å². The molecule has 0 aromatic carbocycles. The van der Waals surface area contributed by atoms with Crippen LogP contribution >= 0.6 is 0 Å². The minimum Gasteiger partial charge on any atom is -0.481 e. The molecule has 1 aliphatic rings. The predicted molar refractivity (Wildman–Crippen MR) is 41.7 cm³/mol. The molecule has 0 bridgehead atoms. The fraction of sp³-hybridized carbons (Fsp3) is 0.714. The number of carbonyl (C=O) groups is 1. The maximum Gasteiger partial charge on any atom is 0.307 e. The third kappa shape index (κ3) is 2.01. The van der Waals surface area contributed by atoms with Crippen LogP contribution in [0.4, 0.5) is 0 Å². The number of nitrogens with zero attached hydrogens (tertiary/aromatic N) is 2. The van der Waals surface area contributed by atoms with Crippen molar-refractivity contribution in [1.29, 1.82) is 0 Å². The highest BCUT2D eigenvalue weighted by atomic mass is 16.4. The highest BCUT2D eigenvalue weighted by molar-refractivity contribution is 5.70. The lowest BCUT2D eigenvalue weighted by molar-refractivity contribution is -0.141. The Labute approximate surface area is 65.5 Å². The van der Waals surface area contributed by atoms with Gasteiger partial charge < -0.3 is 5.11 Å². The van der Waals surface area contributed by atoms with Gasteiger partial charge in [-0.1, -0.05) is 0 Å². The molecule has 1 fully saturated rings. The molecule has 1 aliphatic heterocycles. The molecule has 1 saturated heterocycles. The number of aliphatic imine (C=N–C) groups is 1. The minimum absolute atomic E-state index is 0.197. The largest absolute Gasteiger partial charge is 0.481 e. The summed E-state index contributed by atoms with van der Waals surface area (Å²) in [6.07, 6.45) is 0.741. The summed E-state index contributed by atoms with van der Waals surface area (Å²) < 4.78 is 0. The van der Waals surface area contributed by atoms with Crippen LogP contribution in [0, 0.1) is 5.92 Å². The van der Waals surface area contributed by atoms with E-state index in [9.17, 15) is 4.79 Å². The molecule has 1 N–H and O–H groups in total. The molecule has 1 unspecified atom stereocenters. The van der Waals surface area contributed by atoms with Gasteiger partial charge in [0.1, 0.15) is 0 Å². The highest BCUT2D eigenvalue weighted by Gasteiger charge is 2.27. The van der Waals surface area contributed by atoms with Crippen molar-refractivity contribution in [3.8, 4) is 0 Å². The van der Waals surface area contributed by atoms with Crippen molar-refractivity contribution in [2.75, 3.05) is 19.8 Å². The van der Waals surface area contributed by atoms with Gasteiger partial charge in [0.2, 0.25) is 0 Å². The zero-order valence-electron chi connectivity index (χ0n) is 6.36. The van der Waals surface area contributed by atoms with Gasteiger partial charge in [-0.05, 0) is 13.1 Å². The average Bonchev–Trinajstić information content (AvgIpc) is 2.37. The molecule has 1 heterocycles. The Morgan fingerprint density at radius 2 is 2.55 bits per heavy atom. The van der Waals surface area contributed by atoms with Gasteiger partial charge in [0.15, 0.2) is 0 Å². The topological polar surface area (TPSA) is 52.9 Å². The lowest BCUT2D eigenvalue weighted by Gasteiger charge is -2.10. The molecule has 4 nitrogen and oxygen atoms in total. The van der Waals surface area contributed by atoms with Crippen molar-refractivity contribution in [3.05, 3.63) is 0 Å². The van der Waals surface area contributed by atoms with Gasteiger partial charge in [-0.3, -0.25) is 14.7 Å². The molecular formula is C7H12N2O2. The van der Waals surface area contributed by atoms with E-state index >= 15 is 0 Å². The third-order valence-electron chi connectivity index (χ3n) is 1.92. The fourth-order valence-corrected chi connectivity index (χ4v) is 1.30. The zero-order chi connectivity index (χ0) is 8.27. The molecule has 11 heavy (non-hydrogen) atoms. The van der Waals surface area contributed by atoms with Crippen molar-refractivity contribution in [1.82, 2.24) is 4.90 Å². The van der Waals surface area contributed by atoms with Crippen molar-refractivity contribution in [2.24, 2.45) is 10.9 Å². The number of carboxylic acid groups (broad SMARTS) is 1. The van der Waals surface area contributed by atoms with Crippen molar-refractivity contribution in [3.63, 3.8) is 0 Å². The maximum atomic E-state index is 10.5. The summed E-state index contributed by atoms with van der Waals surface area (Å²) in [6.45, 7) is 5.36. The Hall–Kier alpha value is -0.900. The quantitative estimate of drug-likeness (QED) is 0.587. The maximum absolute atomic E-state index is 10.5. The first-order valence-corrected chi connectivity index (χ1v) is 3.61. The fourth-order valence-electron chi connectivity index (χ4n) is 1.30. The van der Waals surface area contributed by atoms with Crippen LogP contribution in [0.1, 0.15) is 6.42 Å². The van der Waals surface area contributed by atoms with Gasteiger partial charge >= 0.3 is 5.97 Å². The summed E-state index contributed by atoms with van der Waals surface area (Å²) in [5, 5.41) is 8.63. The van der Waals surface area contributed by atoms with Crippen LogP contribution in [0.5, 0.6) is 0 Å². The Morgan fingerprint density at radius 1 is 1.82 bits per heavy atom. The van der Waals surface area contributed by atoms with E-state index in [1.54, 1.807) is 0 Å². The summed E-state index contributed by atoms with van der Waals surface area (Å²) in [5.41, 5.74) is 0. The molecule has 0 aromatic heterocycles. The summed E-state index contributed by atoms with van der Waals surface area (Å²) in [6, 6.07) is 0. The first-order chi connectivity index (χ1) is 5.24. The molecule has 4 heteroatoms.